The maximum Gasteiger partial charge on any atom is 0.238 e. The van der Waals surface area contributed by atoms with Crippen molar-refractivity contribution in [1.29, 1.82) is 0 Å². The Hall–Kier alpha value is -2.95. The van der Waals surface area contributed by atoms with E-state index < -0.39 is 10.0 Å². The molecule has 0 radical (unpaired) electrons. The Morgan fingerprint density at radius 1 is 0.967 bits per heavy atom. The first-order valence-corrected chi connectivity index (χ1v) is 10.8. The second kappa shape index (κ2) is 10.7. The Kier molecular flexibility index (Phi) is 8.34. The molecule has 0 aliphatic heterocycles. The van der Waals surface area contributed by atoms with E-state index in [0.29, 0.717) is 30.2 Å². The molecule has 2 aromatic rings. The van der Waals surface area contributed by atoms with E-state index in [2.05, 4.69) is 10.6 Å². The molecular formula is C20H26N4O5S. The summed E-state index contributed by atoms with van der Waals surface area (Å²) in [5.41, 5.74) is 1.13. The first-order valence-electron chi connectivity index (χ1n) is 9.30. The van der Waals surface area contributed by atoms with Crippen LogP contribution in [-0.4, -0.2) is 51.9 Å². The van der Waals surface area contributed by atoms with Gasteiger partial charge in [0.05, 0.1) is 18.6 Å². The number of amides is 2. The molecule has 0 heterocycles. The van der Waals surface area contributed by atoms with Crippen LogP contribution < -0.4 is 20.5 Å². The lowest BCUT2D eigenvalue weighted by Gasteiger charge is -2.19. The van der Waals surface area contributed by atoms with Crippen molar-refractivity contribution in [3.63, 3.8) is 0 Å². The third-order valence-corrected chi connectivity index (χ3v) is 5.24. The van der Waals surface area contributed by atoms with Gasteiger partial charge in [0.1, 0.15) is 5.75 Å². The fourth-order valence-electron chi connectivity index (χ4n) is 2.64. The number of primary sulfonamides is 1. The van der Waals surface area contributed by atoms with Gasteiger partial charge < -0.3 is 15.4 Å². The van der Waals surface area contributed by atoms with Gasteiger partial charge in [-0.3, -0.25) is 14.5 Å². The Balaban J connectivity index is 1.80. The Morgan fingerprint density at radius 2 is 1.50 bits per heavy atom. The summed E-state index contributed by atoms with van der Waals surface area (Å²) in [6, 6.07) is 12.6. The summed E-state index contributed by atoms with van der Waals surface area (Å²) in [6.07, 6.45) is 0.181. The molecule has 9 nitrogen and oxygen atoms in total. The fourth-order valence-corrected chi connectivity index (χ4v) is 3.15. The first-order chi connectivity index (χ1) is 14.2. The van der Waals surface area contributed by atoms with Crippen LogP contribution in [0.15, 0.2) is 53.4 Å². The minimum Gasteiger partial charge on any atom is -0.497 e. The third kappa shape index (κ3) is 7.47. The van der Waals surface area contributed by atoms with Gasteiger partial charge in [0.25, 0.3) is 0 Å². The summed E-state index contributed by atoms with van der Waals surface area (Å²) in [5.74, 6) is 0.280. The largest absolute Gasteiger partial charge is 0.497 e. The third-order valence-electron chi connectivity index (χ3n) is 4.31. The number of anilines is 2. The van der Waals surface area contributed by atoms with Crippen LogP contribution in [0.5, 0.6) is 5.75 Å². The van der Waals surface area contributed by atoms with Gasteiger partial charge in [-0.2, -0.15) is 0 Å². The van der Waals surface area contributed by atoms with E-state index in [4.69, 9.17) is 9.88 Å². The predicted octanol–water partition coefficient (Wildman–Crippen LogP) is 1.63. The quantitative estimate of drug-likeness (QED) is 0.521. The average molecular weight is 435 g/mol. The number of ether oxygens (including phenoxy) is 1. The number of carbonyl (C=O) groups is 2. The summed E-state index contributed by atoms with van der Waals surface area (Å²) in [6.45, 7) is 3.06. The maximum absolute atomic E-state index is 12.2. The zero-order valence-electron chi connectivity index (χ0n) is 16.9. The van der Waals surface area contributed by atoms with Gasteiger partial charge >= 0.3 is 0 Å². The second-order valence-corrected chi connectivity index (χ2v) is 8.07. The van der Waals surface area contributed by atoms with Gasteiger partial charge in [0, 0.05) is 24.3 Å². The zero-order valence-corrected chi connectivity index (χ0v) is 17.7. The molecule has 2 rings (SSSR count). The highest BCUT2D eigenvalue weighted by atomic mass is 32.2. The summed E-state index contributed by atoms with van der Waals surface area (Å²) >= 11 is 0. The standard InChI is InChI=1S/C20H26N4O5S/c1-3-24(14-20(26)23-15-4-8-17(29-2)9-5-15)13-12-19(25)22-16-6-10-18(11-7-16)30(21,27)28/h4-11H,3,12-14H2,1-2H3,(H,22,25)(H,23,26)(H2,21,27,28). The summed E-state index contributed by atoms with van der Waals surface area (Å²) in [4.78, 5) is 26.2. The zero-order chi connectivity index (χ0) is 22.1. The van der Waals surface area contributed by atoms with E-state index in [9.17, 15) is 18.0 Å². The van der Waals surface area contributed by atoms with Crippen LogP contribution in [0.2, 0.25) is 0 Å². The molecule has 0 aliphatic rings. The fraction of sp³-hybridized carbons (Fsp3) is 0.300. The Bertz CT molecular complexity index is 960. The van der Waals surface area contributed by atoms with Crippen molar-refractivity contribution in [2.75, 3.05) is 37.4 Å². The molecule has 2 amide bonds. The number of methoxy groups -OCH3 is 1. The van der Waals surface area contributed by atoms with Crippen molar-refractivity contribution >= 4 is 33.2 Å². The molecule has 0 saturated carbocycles. The smallest absolute Gasteiger partial charge is 0.238 e. The summed E-state index contributed by atoms with van der Waals surface area (Å²) in [7, 11) is -2.20. The number of hydrogen-bond donors (Lipinski definition) is 3. The minimum absolute atomic E-state index is 0.0273. The normalized spacial score (nSPS) is 11.2. The van der Waals surface area contributed by atoms with Crippen molar-refractivity contribution in [1.82, 2.24) is 4.90 Å². The Morgan fingerprint density at radius 3 is 2.00 bits per heavy atom. The lowest BCUT2D eigenvalue weighted by Crippen LogP contribution is -2.35. The molecular weight excluding hydrogens is 408 g/mol. The topological polar surface area (TPSA) is 131 Å². The van der Waals surface area contributed by atoms with E-state index >= 15 is 0 Å². The van der Waals surface area contributed by atoms with Gasteiger partial charge in [-0.15, -0.1) is 0 Å². The van der Waals surface area contributed by atoms with E-state index in [0.717, 1.165) is 0 Å². The molecule has 0 atom stereocenters. The number of benzene rings is 2. The van der Waals surface area contributed by atoms with Gasteiger partial charge in [-0.05, 0) is 55.1 Å². The van der Waals surface area contributed by atoms with Crippen LogP contribution in [0.3, 0.4) is 0 Å². The number of sulfonamides is 1. The number of likely N-dealkylation sites (N-methyl/N-ethyl adjacent to an activating group) is 1. The average Bonchev–Trinajstić information content (AvgIpc) is 2.71. The number of hydrogen-bond acceptors (Lipinski definition) is 6. The summed E-state index contributed by atoms with van der Waals surface area (Å²) in [5, 5.41) is 10.5. The highest BCUT2D eigenvalue weighted by Gasteiger charge is 2.12. The molecule has 0 aromatic heterocycles. The molecule has 0 bridgehead atoms. The molecule has 30 heavy (non-hydrogen) atoms. The van der Waals surface area contributed by atoms with Crippen LogP contribution in [-0.2, 0) is 19.6 Å². The van der Waals surface area contributed by atoms with E-state index in [1.54, 1.807) is 31.4 Å². The van der Waals surface area contributed by atoms with Crippen molar-refractivity contribution < 1.29 is 22.7 Å². The number of carbonyl (C=O) groups excluding carboxylic acids is 2. The predicted molar refractivity (Wildman–Crippen MR) is 115 cm³/mol. The highest BCUT2D eigenvalue weighted by Crippen LogP contribution is 2.15. The number of nitrogens with two attached hydrogens (primary N) is 1. The van der Waals surface area contributed by atoms with Crippen molar-refractivity contribution in [2.45, 2.75) is 18.2 Å². The second-order valence-electron chi connectivity index (χ2n) is 6.51. The first kappa shape index (κ1) is 23.3. The molecule has 0 saturated heterocycles. The minimum atomic E-state index is -3.77. The van der Waals surface area contributed by atoms with Gasteiger partial charge in [-0.1, -0.05) is 6.92 Å². The number of nitrogens with zero attached hydrogens (tertiary/aromatic N) is 1. The van der Waals surface area contributed by atoms with E-state index in [-0.39, 0.29) is 29.7 Å². The Labute approximate surface area is 176 Å². The van der Waals surface area contributed by atoms with Crippen LogP contribution in [0, 0.1) is 0 Å². The molecule has 4 N–H and O–H groups in total. The van der Waals surface area contributed by atoms with Crippen LogP contribution >= 0.6 is 0 Å². The molecule has 10 heteroatoms. The lowest BCUT2D eigenvalue weighted by atomic mass is 10.3. The SMILES string of the molecule is CCN(CCC(=O)Nc1ccc(S(N)(=O)=O)cc1)CC(=O)Nc1ccc(OC)cc1. The molecule has 0 unspecified atom stereocenters. The van der Waals surface area contributed by atoms with Crippen molar-refractivity contribution in [3.05, 3.63) is 48.5 Å². The van der Waals surface area contributed by atoms with Crippen LogP contribution in [0.4, 0.5) is 11.4 Å². The van der Waals surface area contributed by atoms with Crippen molar-refractivity contribution in [2.24, 2.45) is 5.14 Å². The molecule has 0 spiro atoms. The van der Waals surface area contributed by atoms with E-state index in [1.807, 2.05) is 11.8 Å². The summed E-state index contributed by atoms with van der Waals surface area (Å²) < 4.78 is 27.6. The number of rotatable bonds is 10. The highest BCUT2D eigenvalue weighted by molar-refractivity contribution is 7.89. The van der Waals surface area contributed by atoms with E-state index in [1.165, 1.54) is 24.3 Å². The van der Waals surface area contributed by atoms with Gasteiger partial charge in [-0.25, -0.2) is 13.6 Å². The molecule has 0 fully saturated rings. The van der Waals surface area contributed by atoms with Gasteiger partial charge in [0.2, 0.25) is 21.8 Å². The van der Waals surface area contributed by atoms with Gasteiger partial charge in [0.15, 0.2) is 0 Å². The monoisotopic (exact) mass is 434 g/mol. The maximum atomic E-state index is 12.2. The number of nitrogens with one attached hydrogen (secondary N) is 2. The van der Waals surface area contributed by atoms with Crippen LogP contribution in [0.1, 0.15) is 13.3 Å². The molecule has 162 valence electrons. The van der Waals surface area contributed by atoms with Crippen LogP contribution in [0.25, 0.3) is 0 Å². The van der Waals surface area contributed by atoms with Crippen molar-refractivity contribution in [3.8, 4) is 5.75 Å². The lowest BCUT2D eigenvalue weighted by molar-refractivity contribution is -0.119. The molecule has 0 aliphatic carbocycles. The molecule has 2 aromatic carbocycles.